The molecule has 2 unspecified atom stereocenters. The number of carbonyl (C=O) groups is 1. The molecule has 0 saturated heterocycles. The van der Waals surface area contributed by atoms with Gasteiger partial charge in [-0.2, -0.15) is 0 Å². The number of nitrogens with zero attached hydrogens (tertiary/aromatic N) is 3. The summed E-state index contributed by atoms with van der Waals surface area (Å²) in [6, 6.07) is 5.49. The molecule has 1 fully saturated rings. The van der Waals surface area contributed by atoms with Crippen molar-refractivity contribution in [3.05, 3.63) is 35.6 Å². The number of nitrogens with one attached hydrogen (secondary N) is 1. The van der Waals surface area contributed by atoms with Crippen molar-refractivity contribution in [2.75, 3.05) is 12.4 Å². The van der Waals surface area contributed by atoms with Crippen LogP contribution in [0.1, 0.15) is 6.42 Å². The standard InChI is InChI=1S/C18H16ClFN4O2/c1-24-14(12-5-10(19)7-22-18(12)26-2)3-9-4-16(21-8-15(9)24)23-17(25)11-6-13(11)20/h3-5,7-8,11,13H,6H2,1-2H3,(H,21,23,25). The molecule has 0 spiro atoms. The molecule has 1 N–H and O–H groups in total. The van der Waals surface area contributed by atoms with E-state index in [4.69, 9.17) is 16.3 Å². The fourth-order valence-electron chi connectivity index (χ4n) is 2.99. The fourth-order valence-corrected chi connectivity index (χ4v) is 3.15. The molecule has 0 bridgehead atoms. The zero-order valence-corrected chi connectivity index (χ0v) is 14.9. The lowest BCUT2D eigenvalue weighted by Gasteiger charge is -2.09. The second-order valence-electron chi connectivity index (χ2n) is 6.27. The van der Waals surface area contributed by atoms with Gasteiger partial charge in [0.25, 0.3) is 0 Å². The number of halogens is 2. The number of amides is 1. The van der Waals surface area contributed by atoms with Crippen molar-refractivity contribution in [2.45, 2.75) is 12.6 Å². The van der Waals surface area contributed by atoms with Gasteiger partial charge in [-0.25, -0.2) is 14.4 Å². The van der Waals surface area contributed by atoms with Crippen molar-refractivity contribution in [2.24, 2.45) is 13.0 Å². The molecule has 4 rings (SSSR count). The molecule has 3 aromatic heterocycles. The topological polar surface area (TPSA) is 69.0 Å². The minimum absolute atomic E-state index is 0.283. The molecule has 1 saturated carbocycles. The first kappa shape index (κ1) is 16.8. The van der Waals surface area contributed by atoms with Crippen LogP contribution < -0.4 is 10.1 Å². The number of ether oxygens (including phenoxy) is 1. The van der Waals surface area contributed by atoms with E-state index < -0.39 is 12.1 Å². The Bertz CT molecular complexity index is 1020. The van der Waals surface area contributed by atoms with Crippen molar-refractivity contribution in [3.8, 4) is 17.1 Å². The summed E-state index contributed by atoms with van der Waals surface area (Å²) in [6.45, 7) is 0. The molecule has 134 valence electrons. The van der Waals surface area contributed by atoms with E-state index in [-0.39, 0.29) is 12.3 Å². The number of hydrogen-bond donors (Lipinski definition) is 1. The molecule has 3 heterocycles. The SMILES string of the molecule is COc1ncc(Cl)cc1-c1cc2cc(NC(=O)C3CC3F)ncc2n1C. The molecule has 8 heteroatoms. The minimum Gasteiger partial charge on any atom is -0.481 e. The third-order valence-electron chi connectivity index (χ3n) is 4.52. The van der Waals surface area contributed by atoms with Gasteiger partial charge in [0.15, 0.2) is 0 Å². The van der Waals surface area contributed by atoms with Crippen LogP contribution in [0.3, 0.4) is 0 Å². The zero-order chi connectivity index (χ0) is 18.4. The van der Waals surface area contributed by atoms with E-state index in [1.165, 1.54) is 6.20 Å². The summed E-state index contributed by atoms with van der Waals surface area (Å²) in [6.07, 6.45) is 2.44. The summed E-state index contributed by atoms with van der Waals surface area (Å²) in [5, 5.41) is 4.05. The maximum atomic E-state index is 13.0. The Morgan fingerprint density at radius 3 is 2.81 bits per heavy atom. The van der Waals surface area contributed by atoms with Crippen molar-refractivity contribution < 1.29 is 13.9 Å². The molecule has 0 radical (unpaired) electrons. The second-order valence-corrected chi connectivity index (χ2v) is 6.71. The zero-order valence-electron chi connectivity index (χ0n) is 14.2. The Kier molecular flexibility index (Phi) is 4.03. The number of aromatic nitrogens is 3. The van der Waals surface area contributed by atoms with E-state index >= 15 is 0 Å². The van der Waals surface area contributed by atoms with Gasteiger partial charge in [-0.1, -0.05) is 11.6 Å². The number of methoxy groups -OCH3 is 1. The van der Waals surface area contributed by atoms with Gasteiger partial charge >= 0.3 is 0 Å². The number of fused-ring (bicyclic) bond motifs is 1. The van der Waals surface area contributed by atoms with E-state index in [1.54, 1.807) is 25.4 Å². The quantitative estimate of drug-likeness (QED) is 0.757. The number of pyridine rings is 2. The summed E-state index contributed by atoms with van der Waals surface area (Å²) in [5.74, 6) is -0.0266. The van der Waals surface area contributed by atoms with E-state index in [2.05, 4.69) is 15.3 Å². The van der Waals surface area contributed by atoms with Crippen molar-refractivity contribution >= 4 is 34.2 Å². The molecule has 1 amide bonds. The molecule has 6 nitrogen and oxygen atoms in total. The van der Waals surface area contributed by atoms with E-state index in [9.17, 15) is 9.18 Å². The number of carbonyl (C=O) groups excluding carboxylic acids is 1. The first-order valence-electron chi connectivity index (χ1n) is 8.08. The summed E-state index contributed by atoms with van der Waals surface area (Å²) in [7, 11) is 3.45. The van der Waals surface area contributed by atoms with Gasteiger partial charge in [0.2, 0.25) is 11.8 Å². The van der Waals surface area contributed by atoms with Gasteiger partial charge in [0.1, 0.15) is 12.0 Å². The molecule has 1 aliphatic rings. The van der Waals surface area contributed by atoms with Gasteiger partial charge in [0.05, 0.1) is 41.0 Å². The first-order valence-corrected chi connectivity index (χ1v) is 8.46. The van der Waals surface area contributed by atoms with Gasteiger partial charge in [0, 0.05) is 18.6 Å². The highest BCUT2D eigenvalue weighted by molar-refractivity contribution is 6.30. The molecule has 2 atom stereocenters. The van der Waals surface area contributed by atoms with Gasteiger partial charge in [-0.05, 0) is 24.6 Å². The van der Waals surface area contributed by atoms with Crippen LogP contribution in [-0.2, 0) is 11.8 Å². The monoisotopic (exact) mass is 374 g/mol. The number of hydrogen-bond acceptors (Lipinski definition) is 4. The predicted molar refractivity (Wildman–Crippen MR) is 97.1 cm³/mol. The second kappa shape index (κ2) is 6.25. The molecule has 26 heavy (non-hydrogen) atoms. The normalized spacial score (nSPS) is 18.8. The largest absolute Gasteiger partial charge is 0.481 e. The van der Waals surface area contributed by atoms with Crippen LogP contribution in [-0.4, -0.2) is 33.7 Å². The lowest BCUT2D eigenvalue weighted by molar-refractivity contribution is -0.117. The van der Waals surface area contributed by atoms with Crippen LogP contribution in [0, 0.1) is 5.92 Å². The predicted octanol–water partition coefficient (Wildman–Crippen LogP) is 3.59. The molecule has 3 aromatic rings. The molecule has 0 aromatic carbocycles. The van der Waals surface area contributed by atoms with Crippen molar-refractivity contribution in [1.82, 2.24) is 14.5 Å². The van der Waals surface area contributed by atoms with Crippen LogP contribution in [0.25, 0.3) is 22.2 Å². The first-order chi connectivity index (χ1) is 12.5. The molecular formula is C18H16ClFN4O2. The minimum atomic E-state index is -1.04. The third-order valence-corrected chi connectivity index (χ3v) is 4.72. The number of rotatable bonds is 4. The molecular weight excluding hydrogens is 359 g/mol. The summed E-state index contributed by atoms with van der Waals surface area (Å²) < 4.78 is 20.3. The Balaban J connectivity index is 1.73. The summed E-state index contributed by atoms with van der Waals surface area (Å²) in [4.78, 5) is 20.4. The van der Waals surface area contributed by atoms with E-state index in [1.807, 2.05) is 17.7 Å². The third kappa shape index (κ3) is 2.88. The van der Waals surface area contributed by atoms with Crippen LogP contribution in [0.5, 0.6) is 5.88 Å². The Hall–Kier alpha value is -2.67. The van der Waals surface area contributed by atoms with E-state index in [0.29, 0.717) is 16.7 Å². The smallest absolute Gasteiger partial charge is 0.231 e. The van der Waals surface area contributed by atoms with Gasteiger partial charge < -0.3 is 14.6 Å². The Morgan fingerprint density at radius 2 is 2.12 bits per heavy atom. The maximum Gasteiger partial charge on any atom is 0.231 e. The molecule has 1 aliphatic carbocycles. The number of anilines is 1. The van der Waals surface area contributed by atoms with Crippen LogP contribution >= 0.6 is 11.6 Å². The van der Waals surface area contributed by atoms with Crippen molar-refractivity contribution in [3.63, 3.8) is 0 Å². The van der Waals surface area contributed by atoms with Crippen molar-refractivity contribution in [1.29, 1.82) is 0 Å². The average molecular weight is 375 g/mol. The molecule has 0 aliphatic heterocycles. The average Bonchev–Trinajstić information content (AvgIpc) is 3.27. The fraction of sp³-hybridized carbons (Fsp3) is 0.278. The Morgan fingerprint density at radius 1 is 1.35 bits per heavy atom. The maximum absolute atomic E-state index is 13.0. The number of alkyl halides is 1. The van der Waals surface area contributed by atoms with Crippen LogP contribution in [0.2, 0.25) is 5.02 Å². The highest BCUT2D eigenvalue weighted by Gasteiger charge is 2.43. The van der Waals surface area contributed by atoms with Gasteiger partial charge in [-0.3, -0.25) is 4.79 Å². The number of aryl methyl sites for hydroxylation is 1. The highest BCUT2D eigenvalue weighted by atomic mass is 35.5. The Labute approximate surface area is 154 Å². The summed E-state index contributed by atoms with van der Waals surface area (Å²) >= 11 is 6.09. The van der Waals surface area contributed by atoms with Crippen LogP contribution in [0.4, 0.5) is 10.2 Å². The van der Waals surface area contributed by atoms with E-state index in [0.717, 1.165) is 22.2 Å². The van der Waals surface area contributed by atoms with Gasteiger partial charge in [-0.15, -0.1) is 0 Å². The highest BCUT2D eigenvalue weighted by Crippen LogP contribution is 2.36. The lowest BCUT2D eigenvalue weighted by Crippen LogP contribution is -2.15. The summed E-state index contributed by atoms with van der Waals surface area (Å²) in [5.41, 5.74) is 2.47. The lowest BCUT2D eigenvalue weighted by atomic mass is 10.2. The van der Waals surface area contributed by atoms with Crippen LogP contribution in [0.15, 0.2) is 30.6 Å².